The second-order valence-electron chi connectivity index (χ2n) is 4.46. The zero-order valence-corrected chi connectivity index (χ0v) is 8.85. The maximum atomic E-state index is 10.2. The van der Waals surface area contributed by atoms with E-state index in [0.29, 0.717) is 11.8 Å². The van der Waals surface area contributed by atoms with Gasteiger partial charge >= 0.3 is 0 Å². The fourth-order valence-corrected chi connectivity index (χ4v) is 2.48. The summed E-state index contributed by atoms with van der Waals surface area (Å²) in [7, 11) is 1.88. The van der Waals surface area contributed by atoms with Crippen LogP contribution in [0.5, 0.6) is 0 Å². The summed E-state index contributed by atoms with van der Waals surface area (Å²) in [6.07, 6.45) is 7.02. The molecule has 14 heavy (non-hydrogen) atoms. The summed E-state index contributed by atoms with van der Waals surface area (Å²) in [5.41, 5.74) is 0.964. The van der Waals surface area contributed by atoms with Crippen molar-refractivity contribution in [2.45, 2.75) is 32.3 Å². The molecule has 0 spiro atoms. The average molecular weight is 194 g/mol. The molecule has 78 valence electrons. The van der Waals surface area contributed by atoms with E-state index in [9.17, 15) is 5.11 Å². The van der Waals surface area contributed by atoms with Crippen molar-refractivity contribution in [3.8, 4) is 0 Å². The van der Waals surface area contributed by atoms with Crippen LogP contribution in [0.1, 0.15) is 37.9 Å². The van der Waals surface area contributed by atoms with Gasteiger partial charge in [-0.15, -0.1) is 0 Å². The molecule has 1 aromatic heterocycles. The smallest absolute Gasteiger partial charge is 0.0851 e. The summed E-state index contributed by atoms with van der Waals surface area (Å²) < 4.78 is 1.75. The Morgan fingerprint density at radius 3 is 2.86 bits per heavy atom. The Morgan fingerprint density at radius 2 is 2.36 bits per heavy atom. The van der Waals surface area contributed by atoms with Gasteiger partial charge in [0.25, 0.3) is 0 Å². The zero-order chi connectivity index (χ0) is 10.1. The number of aryl methyl sites for hydroxylation is 1. The SMILES string of the molecule is CC1CCCC1C(O)c1cnn(C)c1. The predicted molar refractivity (Wildman–Crippen MR) is 54.7 cm³/mol. The lowest BCUT2D eigenvalue weighted by molar-refractivity contribution is 0.0900. The van der Waals surface area contributed by atoms with Crippen molar-refractivity contribution in [3.63, 3.8) is 0 Å². The van der Waals surface area contributed by atoms with Crippen LogP contribution in [0.3, 0.4) is 0 Å². The minimum Gasteiger partial charge on any atom is -0.388 e. The molecule has 0 saturated heterocycles. The molecule has 3 atom stereocenters. The van der Waals surface area contributed by atoms with Crippen LogP contribution in [0, 0.1) is 11.8 Å². The van der Waals surface area contributed by atoms with Gasteiger partial charge in [0.15, 0.2) is 0 Å². The van der Waals surface area contributed by atoms with Crippen LogP contribution in [0.15, 0.2) is 12.4 Å². The van der Waals surface area contributed by atoms with E-state index in [1.54, 1.807) is 10.9 Å². The molecule has 0 amide bonds. The Kier molecular flexibility index (Phi) is 2.59. The third-order valence-corrected chi connectivity index (χ3v) is 3.40. The lowest BCUT2D eigenvalue weighted by Crippen LogP contribution is -2.14. The summed E-state index contributed by atoms with van der Waals surface area (Å²) in [6, 6.07) is 0. The molecule has 0 radical (unpaired) electrons. The molecule has 1 N–H and O–H groups in total. The molecule has 0 aliphatic heterocycles. The minimum atomic E-state index is -0.318. The van der Waals surface area contributed by atoms with Crippen LogP contribution in [0.4, 0.5) is 0 Å². The maximum absolute atomic E-state index is 10.2. The number of rotatable bonds is 2. The highest BCUT2D eigenvalue weighted by Gasteiger charge is 2.31. The summed E-state index contributed by atoms with van der Waals surface area (Å²) in [4.78, 5) is 0. The van der Waals surface area contributed by atoms with Crippen LogP contribution in [0.2, 0.25) is 0 Å². The molecule has 3 heteroatoms. The van der Waals surface area contributed by atoms with Crippen LogP contribution in [-0.4, -0.2) is 14.9 Å². The van der Waals surface area contributed by atoms with Gasteiger partial charge < -0.3 is 5.11 Å². The lowest BCUT2D eigenvalue weighted by Gasteiger charge is -2.20. The van der Waals surface area contributed by atoms with Gasteiger partial charge in [-0.3, -0.25) is 4.68 Å². The molecule has 1 aliphatic rings. The van der Waals surface area contributed by atoms with Crippen LogP contribution in [0.25, 0.3) is 0 Å². The highest BCUT2D eigenvalue weighted by molar-refractivity contribution is 5.10. The van der Waals surface area contributed by atoms with Crippen molar-refractivity contribution in [3.05, 3.63) is 18.0 Å². The van der Waals surface area contributed by atoms with Crippen LogP contribution >= 0.6 is 0 Å². The van der Waals surface area contributed by atoms with Gasteiger partial charge in [0.05, 0.1) is 12.3 Å². The first-order valence-electron chi connectivity index (χ1n) is 5.35. The first-order valence-corrected chi connectivity index (χ1v) is 5.35. The van der Waals surface area contributed by atoms with Crippen molar-refractivity contribution >= 4 is 0 Å². The van der Waals surface area contributed by atoms with E-state index in [0.717, 1.165) is 12.0 Å². The maximum Gasteiger partial charge on any atom is 0.0851 e. The summed E-state index contributed by atoms with van der Waals surface area (Å²) in [6.45, 7) is 2.23. The van der Waals surface area contributed by atoms with Crippen molar-refractivity contribution in [2.75, 3.05) is 0 Å². The Hall–Kier alpha value is -0.830. The standard InChI is InChI=1S/C11H18N2O/c1-8-4-3-5-10(8)11(14)9-6-12-13(2)7-9/h6-8,10-11,14H,3-5H2,1-2H3. The lowest BCUT2D eigenvalue weighted by atomic mass is 9.89. The fraction of sp³-hybridized carbons (Fsp3) is 0.727. The highest BCUT2D eigenvalue weighted by Crippen LogP contribution is 2.39. The number of aliphatic hydroxyl groups excluding tert-OH is 1. The van der Waals surface area contributed by atoms with Crippen molar-refractivity contribution in [1.82, 2.24) is 9.78 Å². The number of aliphatic hydroxyl groups is 1. The second-order valence-corrected chi connectivity index (χ2v) is 4.46. The van der Waals surface area contributed by atoms with Crippen molar-refractivity contribution in [1.29, 1.82) is 0 Å². The molecule has 1 saturated carbocycles. The van der Waals surface area contributed by atoms with Gasteiger partial charge in [-0.1, -0.05) is 19.8 Å². The van der Waals surface area contributed by atoms with E-state index in [2.05, 4.69) is 12.0 Å². The van der Waals surface area contributed by atoms with Crippen LogP contribution in [-0.2, 0) is 7.05 Å². The normalized spacial score (nSPS) is 29.4. The molecule has 1 heterocycles. The van der Waals surface area contributed by atoms with Gasteiger partial charge in [0, 0.05) is 18.8 Å². The van der Waals surface area contributed by atoms with E-state index in [1.807, 2.05) is 13.2 Å². The van der Waals surface area contributed by atoms with E-state index in [-0.39, 0.29) is 6.10 Å². The second kappa shape index (κ2) is 3.73. The third-order valence-electron chi connectivity index (χ3n) is 3.40. The first kappa shape index (κ1) is 9.71. The monoisotopic (exact) mass is 194 g/mol. The van der Waals surface area contributed by atoms with E-state index >= 15 is 0 Å². The minimum absolute atomic E-state index is 0.318. The molecule has 0 bridgehead atoms. The molecule has 3 unspecified atom stereocenters. The molecular weight excluding hydrogens is 176 g/mol. The topological polar surface area (TPSA) is 38.1 Å². The summed E-state index contributed by atoms with van der Waals surface area (Å²) >= 11 is 0. The Balaban J connectivity index is 2.11. The van der Waals surface area contributed by atoms with E-state index < -0.39 is 0 Å². The summed E-state index contributed by atoms with van der Waals surface area (Å²) in [5, 5.41) is 14.2. The Bertz CT molecular complexity index is 308. The molecule has 3 nitrogen and oxygen atoms in total. The molecule has 1 aliphatic carbocycles. The van der Waals surface area contributed by atoms with Gasteiger partial charge in [-0.25, -0.2) is 0 Å². The number of hydrogen-bond acceptors (Lipinski definition) is 2. The van der Waals surface area contributed by atoms with Crippen molar-refractivity contribution < 1.29 is 5.11 Å². The molecule has 1 fully saturated rings. The van der Waals surface area contributed by atoms with Crippen LogP contribution < -0.4 is 0 Å². The summed E-state index contributed by atoms with van der Waals surface area (Å²) in [5.74, 6) is 1.07. The zero-order valence-electron chi connectivity index (χ0n) is 8.85. The molecule has 0 aromatic carbocycles. The van der Waals surface area contributed by atoms with Gasteiger partial charge in [-0.05, 0) is 18.3 Å². The molecule has 1 aromatic rings. The largest absolute Gasteiger partial charge is 0.388 e. The quantitative estimate of drug-likeness (QED) is 0.780. The van der Waals surface area contributed by atoms with E-state index in [4.69, 9.17) is 0 Å². The van der Waals surface area contributed by atoms with E-state index in [1.165, 1.54) is 12.8 Å². The van der Waals surface area contributed by atoms with Gasteiger partial charge in [0.1, 0.15) is 0 Å². The third kappa shape index (κ3) is 1.69. The number of aromatic nitrogens is 2. The average Bonchev–Trinajstić information content (AvgIpc) is 2.73. The number of nitrogens with zero attached hydrogens (tertiary/aromatic N) is 2. The first-order chi connectivity index (χ1) is 6.68. The fourth-order valence-electron chi connectivity index (χ4n) is 2.48. The molecule has 2 rings (SSSR count). The highest BCUT2D eigenvalue weighted by atomic mass is 16.3. The van der Waals surface area contributed by atoms with Gasteiger partial charge in [0.2, 0.25) is 0 Å². The number of hydrogen-bond donors (Lipinski definition) is 1. The predicted octanol–water partition coefficient (Wildman–Crippen LogP) is 1.89. The van der Waals surface area contributed by atoms with Gasteiger partial charge in [-0.2, -0.15) is 5.10 Å². The molecular formula is C11H18N2O. The van der Waals surface area contributed by atoms with Crippen molar-refractivity contribution in [2.24, 2.45) is 18.9 Å². The Labute approximate surface area is 84.7 Å². The Morgan fingerprint density at radius 1 is 1.57 bits per heavy atom.